The molecule has 0 saturated heterocycles. The summed E-state index contributed by atoms with van der Waals surface area (Å²) in [7, 11) is 3.01. The van der Waals surface area contributed by atoms with Crippen LogP contribution in [0.1, 0.15) is 0 Å². The normalized spacial score (nSPS) is 10.9. The van der Waals surface area contributed by atoms with Gasteiger partial charge in [-0.05, 0) is 36.4 Å². The number of phenolic OH excluding ortho intramolecular Hbond substituents is 2. The van der Waals surface area contributed by atoms with E-state index in [4.69, 9.17) is 14.5 Å². The van der Waals surface area contributed by atoms with E-state index in [1.54, 1.807) is 30.3 Å². The van der Waals surface area contributed by atoms with Gasteiger partial charge in [-0.2, -0.15) is 0 Å². The first-order chi connectivity index (χ1) is 13.1. The zero-order valence-corrected chi connectivity index (χ0v) is 14.9. The van der Waals surface area contributed by atoms with Crippen LogP contribution in [0.25, 0.3) is 28.1 Å². The molecule has 2 N–H and O–H groups in total. The highest BCUT2D eigenvalue weighted by molar-refractivity contribution is 5.85. The Hall–Kier alpha value is -3.67. The van der Waals surface area contributed by atoms with Gasteiger partial charge in [-0.3, -0.25) is 4.57 Å². The fourth-order valence-electron chi connectivity index (χ4n) is 3.19. The van der Waals surface area contributed by atoms with Crippen LogP contribution in [-0.4, -0.2) is 34.0 Å². The fourth-order valence-corrected chi connectivity index (χ4v) is 3.19. The van der Waals surface area contributed by atoms with Crippen molar-refractivity contribution >= 4 is 11.0 Å². The van der Waals surface area contributed by atoms with Crippen molar-refractivity contribution in [1.82, 2.24) is 9.55 Å². The minimum atomic E-state index is 0.0388. The van der Waals surface area contributed by atoms with E-state index in [-0.39, 0.29) is 11.5 Å². The van der Waals surface area contributed by atoms with Crippen LogP contribution in [0, 0.1) is 0 Å². The maximum absolute atomic E-state index is 10.2. The second-order valence-corrected chi connectivity index (χ2v) is 5.97. The summed E-state index contributed by atoms with van der Waals surface area (Å²) in [6.45, 7) is 0. The van der Waals surface area contributed by atoms with E-state index < -0.39 is 0 Å². The van der Waals surface area contributed by atoms with Crippen LogP contribution in [0.2, 0.25) is 0 Å². The Morgan fingerprint density at radius 1 is 0.852 bits per heavy atom. The summed E-state index contributed by atoms with van der Waals surface area (Å²) in [4.78, 5) is 4.76. The Kier molecular flexibility index (Phi) is 4.08. The third kappa shape index (κ3) is 2.71. The maximum atomic E-state index is 10.2. The van der Waals surface area contributed by atoms with E-state index in [2.05, 4.69) is 0 Å². The van der Waals surface area contributed by atoms with Crippen LogP contribution >= 0.6 is 0 Å². The Labute approximate surface area is 155 Å². The van der Waals surface area contributed by atoms with Gasteiger partial charge in [-0.15, -0.1) is 0 Å². The van der Waals surface area contributed by atoms with Gasteiger partial charge in [0.25, 0.3) is 0 Å². The van der Waals surface area contributed by atoms with Crippen molar-refractivity contribution in [1.29, 1.82) is 0 Å². The third-order valence-electron chi connectivity index (χ3n) is 4.42. The summed E-state index contributed by atoms with van der Waals surface area (Å²) >= 11 is 0. The smallest absolute Gasteiger partial charge is 0.171 e. The number of nitrogens with zero attached hydrogens (tertiary/aromatic N) is 2. The van der Waals surface area contributed by atoms with Crippen molar-refractivity contribution in [3.05, 3.63) is 60.7 Å². The van der Waals surface area contributed by atoms with Gasteiger partial charge in [0.1, 0.15) is 5.82 Å². The van der Waals surface area contributed by atoms with Gasteiger partial charge in [0.2, 0.25) is 0 Å². The van der Waals surface area contributed by atoms with E-state index in [9.17, 15) is 10.2 Å². The lowest BCUT2D eigenvalue weighted by molar-refractivity contribution is 0.373. The Balaban J connectivity index is 2.06. The van der Waals surface area contributed by atoms with Crippen LogP contribution in [-0.2, 0) is 0 Å². The number of imidazole rings is 1. The number of para-hydroxylation sites is 3. The molecule has 0 saturated carbocycles. The van der Waals surface area contributed by atoms with Crippen molar-refractivity contribution in [2.45, 2.75) is 0 Å². The van der Waals surface area contributed by atoms with E-state index in [0.717, 1.165) is 16.7 Å². The topological polar surface area (TPSA) is 76.7 Å². The van der Waals surface area contributed by atoms with Crippen LogP contribution in [0.15, 0.2) is 60.7 Å². The number of hydrogen-bond acceptors (Lipinski definition) is 5. The number of phenols is 2. The van der Waals surface area contributed by atoms with Crippen LogP contribution in [0.5, 0.6) is 23.0 Å². The molecule has 0 aliphatic heterocycles. The molecule has 4 rings (SSSR count). The van der Waals surface area contributed by atoms with Gasteiger partial charge in [0.05, 0.1) is 36.5 Å². The van der Waals surface area contributed by atoms with Crippen LogP contribution in [0.3, 0.4) is 0 Å². The minimum Gasteiger partial charge on any atom is -0.504 e. The highest BCUT2D eigenvalue weighted by Gasteiger charge is 2.20. The van der Waals surface area contributed by atoms with Crippen molar-refractivity contribution < 1.29 is 19.7 Å². The summed E-state index contributed by atoms with van der Waals surface area (Å²) in [5.41, 5.74) is 3.09. The molecule has 6 nitrogen and oxygen atoms in total. The molecule has 1 heterocycles. The summed E-state index contributed by atoms with van der Waals surface area (Å²) in [6, 6.07) is 18.0. The molecule has 0 amide bonds. The molecule has 0 bridgehead atoms. The number of fused-ring (bicyclic) bond motifs is 1. The molecule has 6 heteroatoms. The summed E-state index contributed by atoms with van der Waals surface area (Å²) < 4.78 is 12.6. The molecule has 0 unspecified atom stereocenters. The first-order valence-electron chi connectivity index (χ1n) is 8.35. The summed E-state index contributed by atoms with van der Waals surface area (Å²) in [6.07, 6.45) is 0. The molecule has 0 aliphatic carbocycles. The highest BCUT2D eigenvalue weighted by Crippen LogP contribution is 2.40. The second kappa shape index (κ2) is 6.57. The SMILES string of the molecule is COc1cc(-n2c(-c3cccc(O)c3OC)nc3ccccc32)ccc1O. The second-order valence-electron chi connectivity index (χ2n) is 5.97. The number of ether oxygens (including phenoxy) is 2. The van der Waals surface area contributed by atoms with Crippen molar-refractivity contribution in [3.63, 3.8) is 0 Å². The summed E-state index contributed by atoms with van der Waals surface area (Å²) in [5.74, 6) is 1.41. The summed E-state index contributed by atoms with van der Waals surface area (Å²) in [5, 5.41) is 20.1. The number of aromatic nitrogens is 2. The zero-order chi connectivity index (χ0) is 19.0. The largest absolute Gasteiger partial charge is 0.504 e. The lowest BCUT2D eigenvalue weighted by atomic mass is 10.1. The third-order valence-corrected chi connectivity index (χ3v) is 4.42. The zero-order valence-electron chi connectivity index (χ0n) is 14.9. The highest BCUT2D eigenvalue weighted by atomic mass is 16.5. The number of rotatable bonds is 4. The fraction of sp³-hybridized carbons (Fsp3) is 0.0952. The first kappa shape index (κ1) is 16.8. The van der Waals surface area contributed by atoms with Gasteiger partial charge in [-0.1, -0.05) is 18.2 Å². The average Bonchev–Trinajstić information content (AvgIpc) is 3.07. The molecular formula is C21H18N2O4. The average molecular weight is 362 g/mol. The van der Waals surface area contributed by atoms with Gasteiger partial charge < -0.3 is 19.7 Å². The molecular weight excluding hydrogens is 344 g/mol. The molecule has 3 aromatic carbocycles. The molecule has 27 heavy (non-hydrogen) atoms. The number of benzene rings is 3. The molecule has 4 aromatic rings. The number of hydrogen-bond donors (Lipinski definition) is 2. The van der Waals surface area contributed by atoms with Crippen molar-refractivity contribution in [2.24, 2.45) is 0 Å². The van der Waals surface area contributed by atoms with Gasteiger partial charge in [-0.25, -0.2) is 4.98 Å². The molecule has 0 radical (unpaired) electrons. The Bertz CT molecular complexity index is 1130. The predicted molar refractivity (Wildman–Crippen MR) is 103 cm³/mol. The quantitative estimate of drug-likeness (QED) is 0.571. The van der Waals surface area contributed by atoms with Gasteiger partial charge in [0.15, 0.2) is 23.0 Å². The Morgan fingerprint density at radius 3 is 2.44 bits per heavy atom. The molecule has 1 aromatic heterocycles. The molecule has 0 fully saturated rings. The van der Waals surface area contributed by atoms with E-state index >= 15 is 0 Å². The minimum absolute atomic E-state index is 0.0388. The number of aromatic hydroxyl groups is 2. The van der Waals surface area contributed by atoms with E-state index in [1.807, 2.05) is 34.9 Å². The lowest BCUT2D eigenvalue weighted by Gasteiger charge is -2.14. The molecule has 136 valence electrons. The maximum Gasteiger partial charge on any atom is 0.171 e. The predicted octanol–water partition coefficient (Wildman–Crippen LogP) is 4.12. The first-order valence-corrected chi connectivity index (χ1v) is 8.35. The number of methoxy groups -OCH3 is 2. The molecule has 0 spiro atoms. The van der Waals surface area contributed by atoms with E-state index in [1.165, 1.54) is 14.2 Å². The monoisotopic (exact) mass is 362 g/mol. The van der Waals surface area contributed by atoms with Gasteiger partial charge in [0, 0.05) is 6.07 Å². The van der Waals surface area contributed by atoms with Crippen LogP contribution < -0.4 is 9.47 Å². The van der Waals surface area contributed by atoms with Gasteiger partial charge >= 0.3 is 0 Å². The molecule has 0 aliphatic rings. The van der Waals surface area contributed by atoms with Crippen molar-refractivity contribution in [2.75, 3.05) is 14.2 Å². The van der Waals surface area contributed by atoms with Crippen LogP contribution in [0.4, 0.5) is 0 Å². The standard InChI is InChI=1S/C21H18N2O4/c1-26-19-12-13(10-11-17(19)24)23-16-8-4-3-7-15(16)22-21(23)14-6-5-9-18(25)20(14)27-2/h3-12,24-25H,1-2H3. The van der Waals surface area contributed by atoms with E-state index in [0.29, 0.717) is 22.9 Å². The van der Waals surface area contributed by atoms with Crippen molar-refractivity contribution in [3.8, 4) is 40.1 Å². The lowest BCUT2D eigenvalue weighted by Crippen LogP contribution is -2.00. The molecule has 0 atom stereocenters. The Morgan fingerprint density at radius 2 is 1.67 bits per heavy atom.